The Morgan fingerprint density at radius 2 is 1.46 bits per heavy atom. The van der Waals surface area contributed by atoms with E-state index in [9.17, 15) is 24.3 Å². The van der Waals surface area contributed by atoms with Crippen molar-refractivity contribution in [1.29, 1.82) is 0 Å². The van der Waals surface area contributed by atoms with Crippen LogP contribution in [-0.2, 0) is 30.2 Å². The fourth-order valence-electron chi connectivity index (χ4n) is 5.71. The second kappa shape index (κ2) is 13.4. The molecular formula is C37H40N2O9. The van der Waals surface area contributed by atoms with Crippen molar-refractivity contribution in [2.75, 3.05) is 13.2 Å². The molecule has 3 aromatic carbocycles. The highest BCUT2D eigenvalue weighted by Crippen LogP contribution is 2.44. The van der Waals surface area contributed by atoms with E-state index in [4.69, 9.17) is 18.9 Å². The van der Waals surface area contributed by atoms with E-state index in [0.717, 1.165) is 22.3 Å². The average Bonchev–Trinajstić information content (AvgIpc) is 3.52. The molecule has 0 fully saturated rings. The van der Waals surface area contributed by atoms with Crippen molar-refractivity contribution in [2.24, 2.45) is 0 Å². The molecule has 0 saturated heterocycles. The molecule has 1 aliphatic rings. The highest BCUT2D eigenvalue weighted by Gasteiger charge is 2.31. The monoisotopic (exact) mass is 656 g/mol. The number of rotatable bonds is 9. The first-order valence-electron chi connectivity index (χ1n) is 15.7. The highest BCUT2D eigenvalue weighted by atomic mass is 16.6. The van der Waals surface area contributed by atoms with Crippen molar-refractivity contribution >= 4 is 35.0 Å². The Balaban J connectivity index is 1.35. The van der Waals surface area contributed by atoms with Crippen molar-refractivity contribution in [2.45, 2.75) is 71.1 Å². The minimum absolute atomic E-state index is 0.0164. The molecule has 252 valence electrons. The Morgan fingerprint density at radius 1 is 0.854 bits per heavy atom. The Morgan fingerprint density at radius 3 is 2.04 bits per heavy atom. The van der Waals surface area contributed by atoms with Crippen molar-refractivity contribution < 1.29 is 43.2 Å². The third-order valence-corrected chi connectivity index (χ3v) is 7.58. The van der Waals surface area contributed by atoms with E-state index in [1.54, 1.807) is 59.7 Å². The second-order valence-electron chi connectivity index (χ2n) is 13.6. The van der Waals surface area contributed by atoms with Crippen LogP contribution in [0.25, 0.3) is 22.0 Å². The summed E-state index contributed by atoms with van der Waals surface area (Å²) in [5.74, 6) is -1.75. The maximum Gasteiger partial charge on any atom is 0.419 e. The molecule has 0 spiro atoms. The summed E-state index contributed by atoms with van der Waals surface area (Å²) in [6.45, 7) is 10.1. The number of ether oxygens (including phenoxy) is 4. The van der Waals surface area contributed by atoms with Gasteiger partial charge >= 0.3 is 24.1 Å². The van der Waals surface area contributed by atoms with Crippen LogP contribution >= 0.6 is 0 Å². The lowest BCUT2D eigenvalue weighted by Crippen LogP contribution is -2.42. The van der Waals surface area contributed by atoms with Crippen LogP contribution < -0.4 is 10.1 Å². The Kier molecular flexibility index (Phi) is 9.52. The van der Waals surface area contributed by atoms with Crippen LogP contribution in [0.5, 0.6) is 5.75 Å². The standard InChI is InChI=1S/C37H40N2O9/c1-36(2,3)47-32(40)21-45-23-15-16-31-28(18-23)22(19-39(31)35(44)48-37(4,5)6)17-30(33(41)42)38-34(43)46-20-29-26-13-9-7-11-24(26)25-12-8-10-14-27(25)29/h7-16,18-19,29-30H,17,20-21H2,1-6H3,(H,38,43)(H,41,42). The summed E-state index contributed by atoms with van der Waals surface area (Å²) in [6, 6.07) is 19.2. The predicted molar refractivity (Wildman–Crippen MR) is 178 cm³/mol. The summed E-state index contributed by atoms with van der Waals surface area (Å²) < 4.78 is 23.4. The lowest BCUT2D eigenvalue weighted by Gasteiger charge is -2.20. The number of hydrogen-bond donors (Lipinski definition) is 2. The van der Waals surface area contributed by atoms with Gasteiger partial charge in [0.1, 0.15) is 29.6 Å². The molecule has 1 aliphatic carbocycles. The molecular weight excluding hydrogens is 616 g/mol. The molecule has 11 heteroatoms. The summed E-state index contributed by atoms with van der Waals surface area (Å²) in [5.41, 5.74) is 3.57. The molecule has 48 heavy (non-hydrogen) atoms. The number of aromatic nitrogens is 1. The average molecular weight is 657 g/mol. The van der Waals surface area contributed by atoms with Gasteiger partial charge in [-0.2, -0.15) is 0 Å². The smallest absolute Gasteiger partial charge is 0.419 e. The maximum absolute atomic E-state index is 13.1. The number of aliphatic carboxylic acids is 1. The van der Waals surface area contributed by atoms with Gasteiger partial charge in [0, 0.05) is 23.9 Å². The van der Waals surface area contributed by atoms with Crippen LogP contribution in [0.15, 0.2) is 72.9 Å². The Bertz CT molecular complexity index is 1820. The summed E-state index contributed by atoms with van der Waals surface area (Å²) >= 11 is 0. The lowest BCUT2D eigenvalue weighted by atomic mass is 9.98. The molecule has 0 aliphatic heterocycles. The molecule has 0 saturated carbocycles. The molecule has 11 nitrogen and oxygen atoms in total. The van der Waals surface area contributed by atoms with Gasteiger partial charge in [-0.25, -0.2) is 19.2 Å². The first-order valence-corrected chi connectivity index (χ1v) is 15.7. The number of hydrogen-bond acceptors (Lipinski definition) is 8. The Hall–Kier alpha value is -5.32. The van der Waals surface area contributed by atoms with Gasteiger partial charge < -0.3 is 29.4 Å². The number of carboxylic acid groups (broad SMARTS) is 1. The van der Waals surface area contributed by atoms with Crippen LogP contribution in [0.1, 0.15) is 64.2 Å². The number of carbonyl (C=O) groups excluding carboxylic acids is 3. The third kappa shape index (κ3) is 7.96. The van der Waals surface area contributed by atoms with Gasteiger partial charge in [0.2, 0.25) is 0 Å². The van der Waals surface area contributed by atoms with Crippen LogP contribution in [0, 0.1) is 0 Å². The largest absolute Gasteiger partial charge is 0.482 e. The summed E-state index contributed by atoms with van der Waals surface area (Å²) in [7, 11) is 0. The molecule has 1 heterocycles. The number of benzene rings is 3. The van der Waals surface area contributed by atoms with Gasteiger partial charge in [0.15, 0.2) is 6.61 Å². The number of amides is 1. The van der Waals surface area contributed by atoms with Crippen molar-refractivity contribution in [1.82, 2.24) is 9.88 Å². The molecule has 1 aromatic heterocycles. The maximum atomic E-state index is 13.1. The molecule has 1 atom stereocenters. The second-order valence-corrected chi connectivity index (χ2v) is 13.6. The van der Waals surface area contributed by atoms with E-state index in [1.807, 2.05) is 48.5 Å². The van der Waals surface area contributed by atoms with E-state index < -0.39 is 41.4 Å². The molecule has 0 radical (unpaired) electrons. The molecule has 2 N–H and O–H groups in total. The third-order valence-electron chi connectivity index (χ3n) is 7.58. The SMILES string of the molecule is CC(C)(C)OC(=O)COc1ccc2c(c1)c(CC(NC(=O)OCC1c3ccccc3-c3ccccc31)C(=O)O)cn2C(=O)OC(C)(C)C. The zero-order chi connectivity index (χ0) is 34.8. The summed E-state index contributed by atoms with van der Waals surface area (Å²) in [6.07, 6.45) is -0.272. The van der Waals surface area contributed by atoms with E-state index in [0.29, 0.717) is 22.2 Å². The molecule has 1 unspecified atom stereocenters. The van der Waals surface area contributed by atoms with Crippen molar-refractivity contribution in [3.05, 3.63) is 89.6 Å². The van der Waals surface area contributed by atoms with Crippen LogP contribution in [0.4, 0.5) is 9.59 Å². The van der Waals surface area contributed by atoms with E-state index >= 15 is 0 Å². The van der Waals surface area contributed by atoms with Crippen molar-refractivity contribution in [3.63, 3.8) is 0 Å². The number of nitrogens with one attached hydrogen (secondary N) is 1. The Labute approximate surface area is 278 Å². The highest BCUT2D eigenvalue weighted by molar-refractivity contribution is 5.93. The van der Waals surface area contributed by atoms with Gasteiger partial charge in [-0.1, -0.05) is 48.5 Å². The van der Waals surface area contributed by atoms with Gasteiger partial charge in [0.05, 0.1) is 5.52 Å². The van der Waals surface area contributed by atoms with Crippen LogP contribution in [-0.4, -0.2) is 64.3 Å². The van der Waals surface area contributed by atoms with Crippen LogP contribution in [0.3, 0.4) is 0 Å². The van der Waals surface area contributed by atoms with Gasteiger partial charge in [-0.05, 0) is 87.6 Å². The number of carbonyl (C=O) groups is 4. The van der Waals surface area contributed by atoms with Crippen molar-refractivity contribution in [3.8, 4) is 16.9 Å². The fourth-order valence-corrected chi connectivity index (χ4v) is 5.71. The molecule has 0 bridgehead atoms. The number of carboxylic acids is 1. The first kappa shape index (κ1) is 34.0. The number of alkyl carbamates (subject to hydrolysis) is 1. The topological polar surface area (TPSA) is 142 Å². The predicted octanol–water partition coefficient (Wildman–Crippen LogP) is 6.68. The quantitative estimate of drug-likeness (QED) is 0.149. The number of fused-ring (bicyclic) bond motifs is 4. The lowest BCUT2D eigenvalue weighted by molar-refractivity contribution is -0.157. The number of esters is 1. The minimum Gasteiger partial charge on any atom is -0.482 e. The normalized spacial score (nSPS) is 13.3. The zero-order valence-electron chi connectivity index (χ0n) is 27.9. The summed E-state index contributed by atoms with van der Waals surface area (Å²) in [4.78, 5) is 50.8. The fraction of sp³-hybridized carbons (Fsp3) is 0.351. The number of nitrogens with zero attached hydrogens (tertiary/aromatic N) is 1. The van der Waals surface area contributed by atoms with Gasteiger partial charge in [0.25, 0.3) is 0 Å². The molecule has 5 rings (SSSR count). The van der Waals surface area contributed by atoms with E-state index in [-0.39, 0.29) is 25.6 Å². The van der Waals surface area contributed by atoms with Gasteiger partial charge in [-0.15, -0.1) is 0 Å². The van der Waals surface area contributed by atoms with E-state index in [1.165, 1.54) is 10.8 Å². The van der Waals surface area contributed by atoms with Gasteiger partial charge in [-0.3, -0.25) is 4.57 Å². The minimum atomic E-state index is -1.40. The molecule has 4 aromatic rings. The first-order chi connectivity index (χ1) is 22.6. The zero-order valence-corrected chi connectivity index (χ0v) is 27.9. The summed E-state index contributed by atoms with van der Waals surface area (Å²) in [5, 5.41) is 13.1. The molecule has 1 amide bonds. The van der Waals surface area contributed by atoms with E-state index in [2.05, 4.69) is 5.32 Å². The van der Waals surface area contributed by atoms with Crippen LogP contribution in [0.2, 0.25) is 0 Å².